The minimum atomic E-state index is -0.916. The van der Waals surface area contributed by atoms with Gasteiger partial charge in [-0.3, -0.25) is 4.79 Å². The number of carbonyl (C=O) groups excluding carboxylic acids is 3. The van der Waals surface area contributed by atoms with Crippen LogP contribution < -0.4 is 16.0 Å². The normalized spacial score (nSPS) is 13.9. The summed E-state index contributed by atoms with van der Waals surface area (Å²) in [6.07, 6.45) is -0.0572. The van der Waals surface area contributed by atoms with Crippen LogP contribution in [0.15, 0.2) is 48.5 Å². The molecule has 0 spiro atoms. The number of benzene rings is 2. The van der Waals surface area contributed by atoms with E-state index in [2.05, 4.69) is 43.6 Å². The molecule has 2 aromatic rings. The number of ether oxygens (including phenoxy) is 2. The molecule has 4 N–H and O–H groups in total. The van der Waals surface area contributed by atoms with E-state index < -0.39 is 29.7 Å². The SMILES string of the molecule is CC(NC(=O)OCc1ccccc1)C(=O)Nc1cc(C[C@@H](CC(C)C(C)(C)C)NC(=O)OC(C)(C)C)ccc1O. The van der Waals surface area contributed by atoms with Crippen LogP contribution in [0.25, 0.3) is 0 Å². The van der Waals surface area contributed by atoms with Crippen LogP contribution >= 0.6 is 0 Å². The van der Waals surface area contributed by atoms with Gasteiger partial charge in [0.15, 0.2) is 0 Å². The Morgan fingerprint density at radius 3 is 2.12 bits per heavy atom. The molecular weight excluding hydrogens is 510 g/mol. The lowest BCUT2D eigenvalue weighted by atomic mass is 9.78. The Morgan fingerprint density at radius 1 is 0.875 bits per heavy atom. The molecule has 0 bridgehead atoms. The summed E-state index contributed by atoms with van der Waals surface area (Å²) in [4.78, 5) is 37.5. The highest BCUT2D eigenvalue weighted by Gasteiger charge is 2.27. The second kappa shape index (κ2) is 14.1. The van der Waals surface area contributed by atoms with E-state index in [0.29, 0.717) is 12.8 Å². The fraction of sp³-hybridized carbons (Fsp3) is 0.516. The number of nitrogens with one attached hydrogen (secondary N) is 3. The minimum Gasteiger partial charge on any atom is -0.506 e. The first-order chi connectivity index (χ1) is 18.5. The number of hydrogen-bond donors (Lipinski definition) is 4. The molecule has 2 unspecified atom stereocenters. The number of carbonyl (C=O) groups is 3. The lowest BCUT2D eigenvalue weighted by Crippen LogP contribution is -2.42. The molecule has 3 amide bonds. The first-order valence-corrected chi connectivity index (χ1v) is 13.6. The van der Waals surface area contributed by atoms with Crippen molar-refractivity contribution in [3.63, 3.8) is 0 Å². The zero-order chi connectivity index (χ0) is 30.1. The highest BCUT2D eigenvalue weighted by Crippen LogP contribution is 2.31. The number of phenols is 1. The van der Waals surface area contributed by atoms with Crippen LogP contribution in [-0.4, -0.2) is 40.9 Å². The summed E-state index contributed by atoms with van der Waals surface area (Å²) in [6, 6.07) is 13.0. The average Bonchev–Trinajstić information content (AvgIpc) is 2.83. The zero-order valence-electron chi connectivity index (χ0n) is 25.0. The van der Waals surface area contributed by atoms with E-state index >= 15 is 0 Å². The molecule has 9 heteroatoms. The number of rotatable bonds is 10. The van der Waals surface area contributed by atoms with Gasteiger partial charge in [0.1, 0.15) is 24.0 Å². The third-order valence-electron chi connectivity index (χ3n) is 6.58. The molecular formula is C31H45N3O6. The Kier molecular flexibility index (Phi) is 11.4. The van der Waals surface area contributed by atoms with Gasteiger partial charge in [-0.2, -0.15) is 0 Å². The molecule has 40 heavy (non-hydrogen) atoms. The van der Waals surface area contributed by atoms with Gasteiger partial charge in [-0.25, -0.2) is 9.59 Å². The fourth-order valence-electron chi connectivity index (χ4n) is 3.79. The molecule has 0 saturated carbocycles. The maximum Gasteiger partial charge on any atom is 0.408 e. The molecule has 3 atom stereocenters. The summed E-state index contributed by atoms with van der Waals surface area (Å²) in [5, 5.41) is 18.6. The molecule has 2 aromatic carbocycles. The lowest BCUT2D eigenvalue weighted by Gasteiger charge is -2.32. The average molecular weight is 556 g/mol. The van der Waals surface area contributed by atoms with Gasteiger partial charge in [0.05, 0.1) is 5.69 Å². The van der Waals surface area contributed by atoms with Crippen LogP contribution in [0.1, 0.15) is 72.9 Å². The van der Waals surface area contributed by atoms with Gasteiger partial charge in [-0.05, 0) is 75.1 Å². The quantitative estimate of drug-likeness (QED) is 0.260. The first kappa shape index (κ1) is 32.5. The predicted octanol–water partition coefficient (Wildman–Crippen LogP) is 6.15. The minimum absolute atomic E-state index is 0.0351. The maximum absolute atomic E-state index is 12.8. The smallest absolute Gasteiger partial charge is 0.408 e. The number of aromatic hydroxyl groups is 1. The molecule has 0 aliphatic carbocycles. The topological polar surface area (TPSA) is 126 Å². The van der Waals surface area contributed by atoms with Crippen LogP contribution in [-0.2, 0) is 27.3 Å². The molecule has 0 aliphatic rings. The molecule has 0 saturated heterocycles. The maximum atomic E-state index is 12.8. The van der Waals surface area contributed by atoms with Crippen molar-refractivity contribution in [2.75, 3.05) is 5.32 Å². The van der Waals surface area contributed by atoms with Gasteiger partial charge in [0, 0.05) is 6.04 Å². The third kappa shape index (κ3) is 11.6. The van der Waals surface area contributed by atoms with E-state index in [9.17, 15) is 19.5 Å². The Morgan fingerprint density at radius 2 is 1.52 bits per heavy atom. The van der Waals surface area contributed by atoms with Gasteiger partial charge in [-0.15, -0.1) is 0 Å². The first-order valence-electron chi connectivity index (χ1n) is 13.6. The van der Waals surface area contributed by atoms with E-state index in [0.717, 1.165) is 11.1 Å². The molecule has 220 valence electrons. The van der Waals surface area contributed by atoms with Crippen LogP contribution in [0.5, 0.6) is 5.75 Å². The second-order valence-corrected chi connectivity index (χ2v) is 12.3. The molecule has 2 rings (SSSR count). The number of hydrogen-bond acceptors (Lipinski definition) is 6. The molecule has 0 radical (unpaired) electrons. The third-order valence-corrected chi connectivity index (χ3v) is 6.58. The van der Waals surface area contributed by atoms with E-state index in [1.165, 1.54) is 13.0 Å². The van der Waals surface area contributed by atoms with E-state index in [1.807, 2.05) is 51.1 Å². The van der Waals surface area contributed by atoms with Crippen molar-refractivity contribution < 1.29 is 29.0 Å². The van der Waals surface area contributed by atoms with E-state index in [1.54, 1.807) is 12.1 Å². The summed E-state index contributed by atoms with van der Waals surface area (Å²) < 4.78 is 10.7. The van der Waals surface area contributed by atoms with Gasteiger partial charge in [-0.1, -0.05) is 64.1 Å². The van der Waals surface area contributed by atoms with Crippen LogP contribution in [0, 0.1) is 11.3 Å². The summed E-state index contributed by atoms with van der Waals surface area (Å²) >= 11 is 0. The standard InChI is InChI=1S/C31H45N3O6/c1-20(30(3,4)5)16-24(33-29(38)40-31(6,7)8)17-23-14-15-26(35)25(18-23)34-27(36)21(2)32-28(37)39-19-22-12-10-9-11-13-22/h9-15,18,20-21,24,35H,16-17,19H2,1-8H3,(H,32,37)(H,33,38)(H,34,36)/t20?,21?,24-/m1/s1. The van der Waals surface area contributed by atoms with Crippen LogP contribution in [0.4, 0.5) is 15.3 Å². The van der Waals surface area contributed by atoms with Gasteiger partial charge >= 0.3 is 12.2 Å². The Balaban J connectivity index is 2.06. The summed E-state index contributed by atoms with van der Waals surface area (Å²) in [5.74, 6) is -0.346. The highest BCUT2D eigenvalue weighted by molar-refractivity contribution is 5.97. The van der Waals surface area contributed by atoms with Crippen molar-refractivity contribution in [1.82, 2.24) is 10.6 Å². The van der Waals surface area contributed by atoms with Crippen molar-refractivity contribution >= 4 is 23.8 Å². The molecule has 0 aliphatic heterocycles. The van der Waals surface area contributed by atoms with Crippen molar-refractivity contribution in [2.24, 2.45) is 11.3 Å². The van der Waals surface area contributed by atoms with E-state index in [-0.39, 0.29) is 35.4 Å². The van der Waals surface area contributed by atoms with Crippen LogP contribution in [0.2, 0.25) is 0 Å². The van der Waals surface area contributed by atoms with Gasteiger partial charge in [0.25, 0.3) is 0 Å². The predicted molar refractivity (Wildman–Crippen MR) is 156 cm³/mol. The highest BCUT2D eigenvalue weighted by atomic mass is 16.6. The summed E-state index contributed by atoms with van der Waals surface area (Å²) in [6.45, 7) is 15.7. The lowest BCUT2D eigenvalue weighted by molar-refractivity contribution is -0.117. The second-order valence-electron chi connectivity index (χ2n) is 12.3. The van der Waals surface area contributed by atoms with Crippen molar-refractivity contribution in [1.29, 1.82) is 0 Å². The number of amides is 3. The Bertz CT molecular complexity index is 1140. The van der Waals surface area contributed by atoms with Crippen molar-refractivity contribution in [2.45, 2.75) is 92.5 Å². The van der Waals surface area contributed by atoms with E-state index in [4.69, 9.17) is 9.47 Å². The summed E-state index contributed by atoms with van der Waals surface area (Å²) in [7, 11) is 0. The molecule has 0 heterocycles. The number of phenolic OH excluding ortho intramolecular Hbond substituents is 1. The van der Waals surface area contributed by atoms with Gasteiger partial charge < -0.3 is 30.5 Å². The molecule has 0 fully saturated rings. The van der Waals surface area contributed by atoms with Gasteiger partial charge in [0.2, 0.25) is 5.91 Å². The van der Waals surface area contributed by atoms with Crippen molar-refractivity contribution in [3.05, 3.63) is 59.7 Å². The van der Waals surface area contributed by atoms with Crippen LogP contribution in [0.3, 0.4) is 0 Å². The number of alkyl carbamates (subject to hydrolysis) is 2. The fourth-order valence-corrected chi connectivity index (χ4v) is 3.79. The monoisotopic (exact) mass is 555 g/mol. The summed E-state index contributed by atoms with van der Waals surface area (Å²) in [5.41, 5.74) is 1.24. The largest absolute Gasteiger partial charge is 0.506 e. The molecule has 9 nitrogen and oxygen atoms in total. The molecule has 0 aromatic heterocycles. The Hall–Kier alpha value is -3.75. The Labute approximate surface area is 238 Å². The zero-order valence-corrected chi connectivity index (χ0v) is 25.0. The number of anilines is 1. The van der Waals surface area contributed by atoms with Crippen molar-refractivity contribution in [3.8, 4) is 5.75 Å².